The van der Waals surface area contributed by atoms with Crippen LogP contribution in [0.4, 0.5) is 34.1 Å². The summed E-state index contributed by atoms with van der Waals surface area (Å²) in [6.07, 6.45) is 0. The topological polar surface area (TPSA) is 42.6 Å². The van der Waals surface area contributed by atoms with Crippen molar-refractivity contribution >= 4 is 132 Å². The molecule has 4 heterocycles. The fourth-order valence-electron chi connectivity index (χ4n) is 14.3. The number of rotatable bonds is 8. The normalized spacial score (nSPS) is 12.4. The zero-order valence-electron chi connectivity index (χ0n) is 51.5. The molecule has 0 radical (unpaired) electrons. The Balaban J connectivity index is 0.785. The number of fused-ring (bicyclic) bond motifs is 13. The van der Waals surface area contributed by atoms with Gasteiger partial charge < -0.3 is 27.8 Å². The van der Waals surface area contributed by atoms with E-state index >= 15 is 0 Å². The Morgan fingerprint density at radius 2 is 0.591 bits per heavy atom. The lowest BCUT2D eigenvalue weighted by Gasteiger charge is -2.26. The van der Waals surface area contributed by atoms with Gasteiger partial charge in [0, 0.05) is 89.3 Å². The van der Waals surface area contributed by atoms with E-state index in [9.17, 15) is 0 Å². The maximum atomic E-state index is 6.90. The third kappa shape index (κ3) is 8.44. The third-order valence-corrected chi connectivity index (χ3v) is 18.5. The van der Waals surface area contributed by atoms with E-state index < -0.39 is 0 Å². The van der Waals surface area contributed by atoms with E-state index in [4.69, 9.17) is 8.83 Å². The number of benzene rings is 12. The molecule has 0 bridgehead atoms. The van der Waals surface area contributed by atoms with Gasteiger partial charge in [0.1, 0.15) is 22.3 Å². The number of nitrogens with zero attached hydrogens (tertiary/aromatic N) is 4. The number of anilines is 6. The average molecular weight is 1140 g/mol. The zero-order chi connectivity index (χ0) is 60.1. The lowest BCUT2D eigenvalue weighted by atomic mass is 9.84. The first-order chi connectivity index (χ1) is 42.5. The first-order valence-electron chi connectivity index (χ1n) is 30.8. The Labute approximate surface area is 512 Å². The van der Waals surface area contributed by atoms with Crippen LogP contribution in [-0.2, 0) is 10.8 Å². The molecule has 0 fully saturated rings. The van der Waals surface area contributed by atoms with E-state index in [1.165, 1.54) is 77.3 Å². The van der Waals surface area contributed by atoms with Crippen LogP contribution in [0.3, 0.4) is 0 Å². The molecular weight excluding hydrogens is 1070 g/mol. The monoisotopic (exact) mass is 1140 g/mol. The van der Waals surface area contributed by atoms with Crippen LogP contribution in [0.5, 0.6) is 0 Å². The number of aromatic nitrogens is 2. The Bertz CT molecular complexity index is 5140. The summed E-state index contributed by atoms with van der Waals surface area (Å²) in [7, 11) is 0. The standard InChI is InChI=1S/C82H68N4O2/c1-49-37-55(81(5,6)7)38-50(2)79(49)85-71-27-19-17-25-63(71)65-33-29-59(45-73(65)85)83(57-21-13-11-14-22-57)61-31-35-67-69-41-53-42-70-68-36-32-62(48-78(68)88-76(70)44-54(53)43-75(69)87-77(67)47-61)84(58-23-15-12-16-24-58)60-30-34-66-64-26-18-20-28-72(64)86(74(66)46-60)80-51(3)39-56(40-52(80)4)82(8,9)10/h11-48H,1-10H3. The van der Waals surface area contributed by atoms with Gasteiger partial charge in [-0.1, -0.05) is 151 Å². The van der Waals surface area contributed by atoms with Gasteiger partial charge in [-0.2, -0.15) is 0 Å². The number of para-hydroxylation sites is 4. The van der Waals surface area contributed by atoms with E-state index in [0.717, 1.165) is 99.8 Å². The Morgan fingerprint density at radius 3 is 0.977 bits per heavy atom. The van der Waals surface area contributed by atoms with Crippen LogP contribution in [-0.4, -0.2) is 9.13 Å². The van der Waals surface area contributed by atoms with E-state index in [0.29, 0.717) is 0 Å². The quantitative estimate of drug-likeness (QED) is 0.152. The van der Waals surface area contributed by atoms with Crippen molar-refractivity contribution in [1.29, 1.82) is 0 Å². The van der Waals surface area contributed by atoms with Crippen LogP contribution in [0.2, 0.25) is 0 Å². The maximum absolute atomic E-state index is 6.90. The molecule has 0 aliphatic rings. The summed E-state index contributed by atoms with van der Waals surface area (Å²) in [5, 5.41) is 11.4. The molecule has 6 nitrogen and oxygen atoms in total. The van der Waals surface area contributed by atoms with Crippen molar-refractivity contribution in [3.05, 3.63) is 264 Å². The van der Waals surface area contributed by atoms with Crippen LogP contribution >= 0.6 is 0 Å². The molecular formula is C82H68N4O2. The summed E-state index contributed by atoms with van der Waals surface area (Å²) in [4.78, 5) is 4.70. The van der Waals surface area contributed by atoms with Gasteiger partial charge in [0.05, 0.1) is 33.4 Å². The molecule has 0 saturated heterocycles. The van der Waals surface area contributed by atoms with Crippen molar-refractivity contribution in [3.8, 4) is 11.4 Å². The van der Waals surface area contributed by atoms with Crippen molar-refractivity contribution < 1.29 is 8.83 Å². The van der Waals surface area contributed by atoms with Crippen molar-refractivity contribution in [2.24, 2.45) is 0 Å². The summed E-state index contributed by atoms with van der Waals surface area (Å²) in [6, 6.07) is 84.6. The van der Waals surface area contributed by atoms with Crippen molar-refractivity contribution in [2.45, 2.75) is 80.1 Å². The second-order valence-corrected chi connectivity index (χ2v) is 26.5. The molecule has 0 aliphatic carbocycles. The average Bonchev–Trinajstić information content (AvgIpc) is 1.64. The van der Waals surface area contributed by atoms with Gasteiger partial charge in [-0.25, -0.2) is 0 Å². The first-order valence-corrected chi connectivity index (χ1v) is 30.8. The van der Waals surface area contributed by atoms with Gasteiger partial charge in [-0.05, 0) is 192 Å². The number of furan rings is 2. The minimum atomic E-state index is 0.0404. The van der Waals surface area contributed by atoms with Crippen molar-refractivity contribution in [1.82, 2.24) is 9.13 Å². The van der Waals surface area contributed by atoms with E-state index in [1.807, 2.05) is 0 Å². The maximum Gasteiger partial charge on any atom is 0.137 e. The smallest absolute Gasteiger partial charge is 0.137 e. The van der Waals surface area contributed by atoms with Crippen molar-refractivity contribution in [2.75, 3.05) is 9.80 Å². The van der Waals surface area contributed by atoms with E-state index in [2.05, 4.69) is 319 Å². The Kier molecular flexibility index (Phi) is 11.9. The summed E-state index contributed by atoms with van der Waals surface area (Å²) in [5.74, 6) is 0. The fourth-order valence-corrected chi connectivity index (χ4v) is 14.3. The second-order valence-electron chi connectivity index (χ2n) is 26.5. The van der Waals surface area contributed by atoms with Crippen LogP contribution in [0.25, 0.3) is 110 Å². The highest BCUT2D eigenvalue weighted by Crippen LogP contribution is 2.47. The van der Waals surface area contributed by atoms with Gasteiger partial charge in [0.15, 0.2) is 0 Å². The van der Waals surface area contributed by atoms with Gasteiger partial charge in [0.25, 0.3) is 0 Å². The third-order valence-electron chi connectivity index (χ3n) is 18.5. The minimum Gasteiger partial charge on any atom is -0.456 e. The second kappa shape index (κ2) is 19.6. The Hall–Kier alpha value is -10.3. The SMILES string of the molecule is Cc1cc(C(C)(C)C)cc(C)c1-n1c2ccccc2c2ccc(N(c3ccccc3)c3ccc4c(c3)oc3cc5cc6oc7cc(N(c8ccccc8)c8ccc9c%10ccccc%10n(-c%10c(C)cc(C(C)(C)C)cc%10C)c9c8)ccc7c6cc5cc34)cc21. The summed E-state index contributed by atoms with van der Waals surface area (Å²) >= 11 is 0. The van der Waals surface area contributed by atoms with Crippen LogP contribution in [0, 0.1) is 27.7 Å². The molecule has 0 N–H and O–H groups in total. The highest BCUT2D eigenvalue weighted by atomic mass is 16.3. The summed E-state index contributed by atoms with van der Waals surface area (Å²) in [5.41, 5.74) is 24.6. The molecule has 428 valence electrons. The largest absolute Gasteiger partial charge is 0.456 e. The molecule has 0 aliphatic heterocycles. The Morgan fingerprint density at radius 1 is 0.273 bits per heavy atom. The number of aryl methyl sites for hydroxylation is 4. The van der Waals surface area contributed by atoms with Gasteiger partial charge in [-0.15, -0.1) is 0 Å². The first kappa shape index (κ1) is 53.2. The molecule has 0 spiro atoms. The molecule has 0 atom stereocenters. The number of hydrogen-bond acceptors (Lipinski definition) is 4. The molecule has 0 saturated carbocycles. The molecule has 12 aromatic carbocycles. The highest BCUT2D eigenvalue weighted by Gasteiger charge is 2.26. The molecule has 16 rings (SSSR count). The van der Waals surface area contributed by atoms with Crippen LogP contribution in [0.15, 0.2) is 239 Å². The lowest BCUT2D eigenvalue weighted by molar-refractivity contribution is 0.588. The molecule has 6 heteroatoms. The fraction of sp³-hybridized carbons (Fsp3) is 0.146. The van der Waals surface area contributed by atoms with Gasteiger partial charge in [0.2, 0.25) is 0 Å². The predicted octanol–water partition coefficient (Wildman–Crippen LogP) is 23.6. The summed E-state index contributed by atoms with van der Waals surface area (Å²) in [6.45, 7) is 22.8. The van der Waals surface area contributed by atoms with Gasteiger partial charge >= 0.3 is 0 Å². The predicted molar refractivity (Wildman–Crippen MR) is 373 cm³/mol. The lowest BCUT2D eigenvalue weighted by Crippen LogP contribution is -2.13. The number of hydrogen-bond donors (Lipinski definition) is 0. The minimum absolute atomic E-state index is 0.0404. The van der Waals surface area contributed by atoms with Crippen LogP contribution in [0.1, 0.15) is 74.9 Å². The van der Waals surface area contributed by atoms with E-state index in [-0.39, 0.29) is 10.8 Å². The molecule has 0 amide bonds. The van der Waals surface area contributed by atoms with Crippen molar-refractivity contribution in [3.63, 3.8) is 0 Å². The molecule has 88 heavy (non-hydrogen) atoms. The van der Waals surface area contributed by atoms with Gasteiger partial charge in [-0.3, -0.25) is 0 Å². The molecule has 4 aromatic heterocycles. The molecule has 16 aromatic rings. The zero-order valence-corrected chi connectivity index (χ0v) is 51.5. The van der Waals surface area contributed by atoms with Crippen LogP contribution < -0.4 is 9.80 Å². The van der Waals surface area contributed by atoms with E-state index in [1.54, 1.807) is 0 Å². The molecule has 0 unspecified atom stereocenters. The highest BCUT2D eigenvalue weighted by molar-refractivity contribution is 6.17. The summed E-state index contributed by atoms with van der Waals surface area (Å²) < 4.78 is 18.8.